The van der Waals surface area contributed by atoms with Gasteiger partial charge in [0.25, 0.3) is 0 Å². The molecule has 0 aromatic heterocycles. The molecule has 2 fully saturated rings. The molecule has 2 aliphatic rings. The highest BCUT2D eigenvalue weighted by Gasteiger charge is 2.26. The summed E-state index contributed by atoms with van der Waals surface area (Å²) in [5.41, 5.74) is 1.24. The van der Waals surface area contributed by atoms with Gasteiger partial charge >= 0.3 is 0 Å². The topological polar surface area (TPSA) is 61.4 Å². The first kappa shape index (κ1) is 24.8. The fourth-order valence-electron chi connectivity index (χ4n) is 4.80. The molecule has 0 radical (unpaired) electrons. The predicted octanol–water partition coefficient (Wildman–Crippen LogP) is 2.75. The molecule has 2 aliphatic heterocycles. The lowest BCUT2D eigenvalue weighted by Gasteiger charge is -2.32. The summed E-state index contributed by atoms with van der Waals surface area (Å²) in [5.74, 6) is 2.58. The van der Waals surface area contributed by atoms with E-state index in [9.17, 15) is 0 Å². The molecule has 180 valence electrons. The summed E-state index contributed by atoms with van der Waals surface area (Å²) in [5, 5.41) is 7.07. The van der Waals surface area contributed by atoms with Crippen molar-refractivity contribution in [3.8, 4) is 5.75 Å². The average Bonchev–Trinajstić information content (AvgIpc) is 3.37. The molecule has 0 saturated carbocycles. The Labute approximate surface area is 194 Å². The van der Waals surface area contributed by atoms with Crippen molar-refractivity contribution < 1.29 is 9.47 Å². The van der Waals surface area contributed by atoms with Gasteiger partial charge in [-0.3, -0.25) is 9.89 Å². The molecule has 32 heavy (non-hydrogen) atoms. The maximum Gasteiger partial charge on any atom is 0.191 e. The van der Waals surface area contributed by atoms with E-state index in [1.165, 1.54) is 31.2 Å². The van der Waals surface area contributed by atoms with Crippen LogP contribution < -0.4 is 15.4 Å². The standard InChI is InChI=1S/C25H43N5O2/c1-4-26-25(27-19-21-11-15-29(16-12-21)17-18-31-2)28-20-23(30-13-7-8-14-30)22-9-5-6-10-24(22)32-3/h5-6,9-10,21,23H,4,7-8,11-20H2,1-3H3,(H2,26,27,28). The molecule has 1 aromatic carbocycles. The monoisotopic (exact) mass is 445 g/mol. The van der Waals surface area contributed by atoms with Crippen molar-refractivity contribution in [2.45, 2.75) is 38.6 Å². The van der Waals surface area contributed by atoms with E-state index in [1.807, 2.05) is 6.07 Å². The second kappa shape index (κ2) is 13.7. The van der Waals surface area contributed by atoms with Crippen LogP contribution in [0, 0.1) is 5.92 Å². The van der Waals surface area contributed by atoms with Gasteiger partial charge < -0.3 is 25.0 Å². The molecule has 0 spiro atoms. The Hall–Kier alpha value is -1.83. The van der Waals surface area contributed by atoms with Gasteiger partial charge in [-0.2, -0.15) is 0 Å². The van der Waals surface area contributed by atoms with E-state index in [4.69, 9.17) is 14.5 Å². The molecule has 0 bridgehead atoms. The second-order valence-electron chi connectivity index (χ2n) is 8.88. The van der Waals surface area contributed by atoms with Crippen LogP contribution >= 0.6 is 0 Å². The van der Waals surface area contributed by atoms with Gasteiger partial charge in [0.1, 0.15) is 5.75 Å². The van der Waals surface area contributed by atoms with Crippen LogP contribution in [-0.2, 0) is 4.74 Å². The number of hydrogen-bond donors (Lipinski definition) is 2. The molecule has 0 aliphatic carbocycles. The summed E-state index contributed by atoms with van der Waals surface area (Å²) in [4.78, 5) is 10.1. The van der Waals surface area contributed by atoms with Gasteiger partial charge in [0.2, 0.25) is 0 Å². The number of nitrogens with zero attached hydrogens (tertiary/aromatic N) is 3. The van der Waals surface area contributed by atoms with E-state index >= 15 is 0 Å². The van der Waals surface area contributed by atoms with Crippen LogP contribution in [0.5, 0.6) is 5.75 Å². The Balaban J connectivity index is 1.59. The molecular formula is C25H43N5O2. The molecule has 7 nitrogen and oxygen atoms in total. The van der Waals surface area contributed by atoms with Crippen LogP contribution in [0.2, 0.25) is 0 Å². The number of methoxy groups -OCH3 is 2. The van der Waals surface area contributed by atoms with Crippen molar-refractivity contribution in [1.82, 2.24) is 20.4 Å². The highest BCUT2D eigenvalue weighted by atomic mass is 16.5. The largest absolute Gasteiger partial charge is 0.496 e. The van der Waals surface area contributed by atoms with E-state index in [2.05, 4.69) is 45.6 Å². The number of likely N-dealkylation sites (tertiary alicyclic amines) is 2. The lowest BCUT2D eigenvalue weighted by molar-refractivity contribution is 0.121. The van der Waals surface area contributed by atoms with Gasteiger partial charge in [0, 0.05) is 32.3 Å². The Morgan fingerprint density at radius 3 is 2.53 bits per heavy atom. The third-order valence-electron chi connectivity index (χ3n) is 6.72. The zero-order valence-corrected chi connectivity index (χ0v) is 20.3. The SMILES string of the molecule is CCNC(=NCC(c1ccccc1OC)N1CCCC1)NCC1CCN(CCOC)CC1. The van der Waals surface area contributed by atoms with Gasteiger partial charge in [0.15, 0.2) is 5.96 Å². The number of benzene rings is 1. The zero-order chi connectivity index (χ0) is 22.6. The Morgan fingerprint density at radius 1 is 1.09 bits per heavy atom. The van der Waals surface area contributed by atoms with Crippen LogP contribution in [0.25, 0.3) is 0 Å². The number of ether oxygens (including phenoxy) is 2. The van der Waals surface area contributed by atoms with E-state index in [1.54, 1.807) is 14.2 Å². The summed E-state index contributed by atoms with van der Waals surface area (Å²) < 4.78 is 10.9. The Bertz CT molecular complexity index is 685. The van der Waals surface area contributed by atoms with Gasteiger partial charge in [-0.15, -0.1) is 0 Å². The maximum absolute atomic E-state index is 5.68. The first-order valence-electron chi connectivity index (χ1n) is 12.4. The van der Waals surface area contributed by atoms with E-state index in [0.717, 1.165) is 70.7 Å². The van der Waals surface area contributed by atoms with Crippen LogP contribution in [0.3, 0.4) is 0 Å². The molecule has 7 heteroatoms. The highest BCUT2D eigenvalue weighted by Crippen LogP contribution is 2.31. The van der Waals surface area contributed by atoms with E-state index in [-0.39, 0.29) is 6.04 Å². The molecular weight excluding hydrogens is 402 g/mol. The minimum atomic E-state index is 0.244. The molecule has 2 N–H and O–H groups in total. The fourth-order valence-corrected chi connectivity index (χ4v) is 4.80. The molecule has 2 heterocycles. The summed E-state index contributed by atoms with van der Waals surface area (Å²) in [7, 11) is 3.54. The summed E-state index contributed by atoms with van der Waals surface area (Å²) in [6, 6.07) is 8.64. The molecule has 2 saturated heterocycles. The molecule has 1 atom stereocenters. The third-order valence-corrected chi connectivity index (χ3v) is 6.72. The van der Waals surface area contributed by atoms with E-state index < -0.39 is 0 Å². The van der Waals surface area contributed by atoms with E-state index in [0.29, 0.717) is 5.92 Å². The van der Waals surface area contributed by atoms with Gasteiger partial charge in [-0.25, -0.2) is 0 Å². The van der Waals surface area contributed by atoms with Crippen LogP contribution in [0.1, 0.15) is 44.2 Å². The lowest BCUT2D eigenvalue weighted by atomic mass is 9.97. The minimum absolute atomic E-state index is 0.244. The first-order chi connectivity index (χ1) is 15.7. The van der Waals surface area contributed by atoms with Crippen LogP contribution in [0.4, 0.5) is 0 Å². The fraction of sp³-hybridized carbons (Fsp3) is 0.720. The van der Waals surface area contributed by atoms with Crippen molar-refractivity contribution in [3.05, 3.63) is 29.8 Å². The number of piperidine rings is 1. The quantitative estimate of drug-likeness (QED) is 0.403. The summed E-state index contributed by atoms with van der Waals surface area (Å²) in [6.07, 6.45) is 4.98. The minimum Gasteiger partial charge on any atom is -0.496 e. The van der Waals surface area contributed by atoms with Crippen molar-refractivity contribution in [2.24, 2.45) is 10.9 Å². The summed E-state index contributed by atoms with van der Waals surface area (Å²) >= 11 is 0. The number of para-hydroxylation sites is 1. The second-order valence-corrected chi connectivity index (χ2v) is 8.88. The van der Waals surface area contributed by atoms with Gasteiger partial charge in [0.05, 0.1) is 26.3 Å². The van der Waals surface area contributed by atoms with Crippen molar-refractivity contribution in [1.29, 1.82) is 0 Å². The normalized spacial score (nSPS) is 19.8. The first-order valence-corrected chi connectivity index (χ1v) is 12.4. The average molecular weight is 446 g/mol. The van der Waals surface area contributed by atoms with Crippen LogP contribution in [-0.4, -0.2) is 88.9 Å². The number of rotatable bonds is 11. The van der Waals surface area contributed by atoms with Crippen molar-refractivity contribution >= 4 is 5.96 Å². The van der Waals surface area contributed by atoms with Crippen LogP contribution in [0.15, 0.2) is 29.3 Å². The predicted molar refractivity (Wildman–Crippen MR) is 132 cm³/mol. The molecule has 0 amide bonds. The number of aliphatic imine (C=N–C) groups is 1. The third kappa shape index (κ3) is 7.36. The molecule has 1 unspecified atom stereocenters. The highest BCUT2D eigenvalue weighted by molar-refractivity contribution is 5.79. The number of nitrogens with one attached hydrogen (secondary N) is 2. The van der Waals surface area contributed by atoms with Crippen molar-refractivity contribution in [3.63, 3.8) is 0 Å². The van der Waals surface area contributed by atoms with Gasteiger partial charge in [-0.1, -0.05) is 18.2 Å². The van der Waals surface area contributed by atoms with Gasteiger partial charge in [-0.05, 0) is 70.8 Å². The molecule has 1 aromatic rings. The maximum atomic E-state index is 5.68. The smallest absolute Gasteiger partial charge is 0.191 e. The Morgan fingerprint density at radius 2 is 1.84 bits per heavy atom. The molecule has 3 rings (SSSR count). The zero-order valence-electron chi connectivity index (χ0n) is 20.3. The Kier molecular flexibility index (Phi) is 10.6. The number of hydrogen-bond acceptors (Lipinski definition) is 5. The summed E-state index contributed by atoms with van der Waals surface area (Å²) in [6.45, 7) is 11.1. The number of guanidine groups is 1. The van der Waals surface area contributed by atoms with Crippen molar-refractivity contribution in [2.75, 3.05) is 73.2 Å². The lowest BCUT2D eigenvalue weighted by Crippen LogP contribution is -2.43.